The first-order valence-electron chi connectivity index (χ1n) is 24.1. The maximum atomic E-state index is 14.4. The number of carboxylic acids is 1. The Balaban J connectivity index is 3.12. The molecule has 0 aromatic rings. The lowest BCUT2D eigenvalue weighted by Crippen LogP contribution is -2.60. The number of nitrogens with zero attached hydrogens (tertiary/aromatic N) is 1. The average Bonchev–Trinajstić information content (AvgIpc) is 3.23. The highest BCUT2D eigenvalue weighted by atomic mass is 19.3. The van der Waals surface area contributed by atoms with Crippen molar-refractivity contribution in [3.63, 3.8) is 0 Å². The van der Waals surface area contributed by atoms with E-state index in [1.54, 1.807) is 55.4 Å². The van der Waals surface area contributed by atoms with Gasteiger partial charge in [0.05, 0.1) is 38.3 Å². The summed E-state index contributed by atoms with van der Waals surface area (Å²) in [6.45, 7) is 15.8. The van der Waals surface area contributed by atoms with E-state index >= 15 is 0 Å². The normalized spacial score (nSPS) is 16.8. The van der Waals surface area contributed by atoms with Gasteiger partial charge in [-0.15, -0.1) is 0 Å². The molecule has 0 bridgehead atoms. The molecule has 0 saturated heterocycles. The molecule has 0 radical (unpaired) electrons. The fraction of sp³-hybridized carbons (Fsp3) is 0.851. The fourth-order valence-corrected chi connectivity index (χ4v) is 7.48. The molecule has 1 aliphatic carbocycles. The van der Waals surface area contributed by atoms with E-state index < -0.39 is 127 Å². The highest BCUT2D eigenvalue weighted by Gasteiger charge is 2.39. The number of alkyl halides is 2. The molecule has 21 heteroatoms. The Hall–Kier alpha value is -4.37. The second-order valence-electron chi connectivity index (χ2n) is 20.5. The number of aliphatic carboxylic acids is 1. The summed E-state index contributed by atoms with van der Waals surface area (Å²) < 4.78 is 50.2. The number of hydrogen-bond donors (Lipinski definition) is 7. The third-order valence-electron chi connectivity index (χ3n) is 11.1. The van der Waals surface area contributed by atoms with Gasteiger partial charge in [0.2, 0.25) is 23.6 Å². The van der Waals surface area contributed by atoms with Crippen LogP contribution in [0.15, 0.2) is 0 Å². The van der Waals surface area contributed by atoms with Gasteiger partial charge in [-0.05, 0) is 86.0 Å². The molecule has 68 heavy (non-hydrogen) atoms. The number of carbonyl (C=O) groups excluding carboxylic acids is 6. The highest BCUT2D eigenvalue weighted by molar-refractivity contribution is 5.94. The zero-order valence-electron chi connectivity index (χ0n) is 42.7. The lowest BCUT2D eigenvalue weighted by molar-refractivity contribution is -0.148. The van der Waals surface area contributed by atoms with Gasteiger partial charge in [-0.2, -0.15) is 0 Å². The van der Waals surface area contributed by atoms with Crippen molar-refractivity contribution in [3.05, 3.63) is 0 Å². The standard InChI is InChI=1S/C47H85F2N7O12/c1-13-14-15-19-22-36(66-25-30(4)53-38(57)33(50)26-65-28-47(48,49)27-52-44(64)68-46(9,10)11)31(5)41(60)56(12)35(23-29(2)3)39(58)55-37(32-20-17-16-18-21-32)40(59)54-34(42(61)62)24-51-43(63)67-45(6,7)8/h29-37H,13-28,50H2,1-12H3,(H,51,63)(H,52,64)(H,53,57)(H,54,59)(H,55,58)(H,61,62). The van der Waals surface area contributed by atoms with Crippen LogP contribution in [0.5, 0.6) is 0 Å². The van der Waals surface area contributed by atoms with Gasteiger partial charge in [0.15, 0.2) is 0 Å². The molecular formula is C47H85F2N7O12. The Kier molecular flexibility index (Phi) is 26.8. The predicted molar refractivity (Wildman–Crippen MR) is 252 cm³/mol. The molecule has 1 aliphatic rings. The number of nitrogens with two attached hydrogens (primary N) is 1. The van der Waals surface area contributed by atoms with E-state index in [1.807, 2.05) is 19.2 Å². The van der Waals surface area contributed by atoms with Crippen molar-refractivity contribution in [1.29, 1.82) is 0 Å². The van der Waals surface area contributed by atoms with Crippen LogP contribution in [0.25, 0.3) is 0 Å². The number of amides is 6. The summed E-state index contributed by atoms with van der Waals surface area (Å²) in [4.78, 5) is 93.2. The number of carbonyl (C=O) groups is 7. The maximum Gasteiger partial charge on any atom is 0.407 e. The monoisotopic (exact) mass is 978 g/mol. The van der Waals surface area contributed by atoms with Crippen molar-refractivity contribution in [1.82, 2.24) is 31.5 Å². The molecule has 394 valence electrons. The minimum absolute atomic E-state index is 0.0355. The number of ether oxygens (including phenoxy) is 4. The van der Waals surface area contributed by atoms with Gasteiger partial charge < -0.3 is 61.3 Å². The SMILES string of the molecule is CCCCCCC(OCC(C)NC(=O)C(N)COCC(F)(F)CNC(=O)OC(C)(C)C)C(C)C(=O)N(C)C(CC(C)C)C(=O)NC(C(=O)NC(CNC(=O)OC(C)(C)C)C(=O)O)C1CCCCC1. The molecule has 8 N–H and O–H groups in total. The minimum Gasteiger partial charge on any atom is -0.480 e. The number of hydrogen-bond acceptors (Lipinski definition) is 12. The fourth-order valence-electron chi connectivity index (χ4n) is 7.48. The zero-order valence-corrected chi connectivity index (χ0v) is 42.7. The second-order valence-corrected chi connectivity index (χ2v) is 20.5. The van der Waals surface area contributed by atoms with Gasteiger partial charge in [0, 0.05) is 13.1 Å². The lowest BCUT2D eigenvalue weighted by Gasteiger charge is -2.36. The van der Waals surface area contributed by atoms with Gasteiger partial charge in [-0.3, -0.25) is 19.2 Å². The van der Waals surface area contributed by atoms with Crippen LogP contribution in [0, 0.1) is 17.8 Å². The Bertz CT molecular complexity index is 1600. The number of nitrogens with one attached hydrogen (secondary N) is 5. The molecule has 1 rings (SSSR count). The van der Waals surface area contributed by atoms with Crippen LogP contribution in [0.2, 0.25) is 0 Å². The Morgan fingerprint density at radius 3 is 1.91 bits per heavy atom. The second kappa shape index (κ2) is 29.6. The van der Waals surface area contributed by atoms with Gasteiger partial charge >= 0.3 is 18.2 Å². The smallest absolute Gasteiger partial charge is 0.407 e. The first kappa shape index (κ1) is 61.6. The Labute approximate surface area is 402 Å². The van der Waals surface area contributed by atoms with Crippen LogP contribution in [0.3, 0.4) is 0 Å². The summed E-state index contributed by atoms with van der Waals surface area (Å²) in [5.41, 5.74) is 4.24. The summed E-state index contributed by atoms with van der Waals surface area (Å²) in [7, 11) is 1.53. The number of unbranched alkanes of at least 4 members (excludes halogenated alkanes) is 3. The molecule has 1 saturated carbocycles. The van der Waals surface area contributed by atoms with E-state index in [2.05, 4.69) is 28.2 Å². The van der Waals surface area contributed by atoms with Crippen molar-refractivity contribution in [2.45, 2.75) is 200 Å². The first-order chi connectivity index (χ1) is 31.5. The highest BCUT2D eigenvalue weighted by Crippen LogP contribution is 2.28. The third kappa shape index (κ3) is 25.3. The van der Waals surface area contributed by atoms with E-state index in [0.29, 0.717) is 19.3 Å². The van der Waals surface area contributed by atoms with E-state index in [0.717, 1.165) is 44.9 Å². The molecule has 7 atom stereocenters. The quantitative estimate of drug-likeness (QED) is 0.0487. The summed E-state index contributed by atoms with van der Waals surface area (Å²) in [5, 5.41) is 22.4. The van der Waals surface area contributed by atoms with Crippen LogP contribution in [-0.2, 0) is 42.9 Å². The van der Waals surface area contributed by atoms with Crippen LogP contribution >= 0.6 is 0 Å². The summed E-state index contributed by atoms with van der Waals surface area (Å²) >= 11 is 0. The summed E-state index contributed by atoms with van der Waals surface area (Å²) in [6, 6.07) is -5.60. The Morgan fingerprint density at radius 1 is 0.779 bits per heavy atom. The third-order valence-corrected chi connectivity index (χ3v) is 11.1. The van der Waals surface area contributed by atoms with E-state index in [-0.39, 0.29) is 24.9 Å². The van der Waals surface area contributed by atoms with Crippen molar-refractivity contribution >= 4 is 41.8 Å². The molecule has 1 fully saturated rings. The van der Waals surface area contributed by atoms with Gasteiger partial charge in [0.1, 0.15) is 42.0 Å². The molecule has 6 amide bonds. The zero-order chi connectivity index (χ0) is 52.0. The van der Waals surface area contributed by atoms with Crippen molar-refractivity contribution in [3.8, 4) is 0 Å². The van der Waals surface area contributed by atoms with Crippen LogP contribution in [0.1, 0.15) is 147 Å². The van der Waals surface area contributed by atoms with E-state index in [4.69, 9.17) is 24.7 Å². The molecular weight excluding hydrogens is 893 g/mol. The minimum atomic E-state index is -3.47. The van der Waals surface area contributed by atoms with Crippen LogP contribution in [0.4, 0.5) is 18.4 Å². The van der Waals surface area contributed by atoms with E-state index in [9.17, 15) is 47.4 Å². The van der Waals surface area contributed by atoms with Crippen LogP contribution < -0.4 is 32.3 Å². The van der Waals surface area contributed by atoms with Gasteiger partial charge in [-0.1, -0.05) is 72.6 Å². The molecule has 0 aromatic heterocycles. The number of rotatable bonds is 29. The van der Waals surface area contributed by atoms with Crippen molar-refractivity contribution in [2.24, 2.45) is 23.5 Å². The maximum absolute atomic E-state index is 14.4. The van der Waals surface area contributed by atoms with Crippen molar-refractivity contribution in [2.75, 3.05) is 40.0 Å². The summed E-state index contributed by atoms with van der Waals surface area (Å²) in [6.07, 6.45) is 5.56. The molecule has 0 heterocycles. The number of carboxylic acid groups (broad SMARTS) is 1. The summed E-state index contributed by atoms with van der Waals surface area (Å²) in [5.74, 6) is -8.38. The average molecular weight is 978 g/mol. The number of halogens is 2. The first-order valence-corrected chi connectivity index (χ1v) is 24.1. The van der Waals surface area contributed by atoms with Crippen LogP contribution in [-0.4, -0.2) is 145 Å². The Morgan fingerprint density at radius 2 is 1.37 bits per heavy atom. The topological polar surface area (TPSA) is 266 Å². The molecule has 0 aromatic carbocycles. The van der Waals surface area contributed by atoms with Crippen molar-refractivity contribution < 1.29 is 66.4 Å². The molecule has 7 unspecified atom stereocenters. The van der Waals surface area contributed by atoms with E-state index in [1.165, 1.54) is 11.9 Å². The predicted octanol–water partition coefficient (Wildman–Crippen LogP) is 5.02. The lowest BCUT2D eigenvalue weighted by atomic mass is 9.83. The number of alkyl carbamates (subject to hydrolysis) is 2. The molecule has 0 aliphatic heterocycles. The van der Waals surface area contributed by atoms with Gasteiger partial charge in [0.25, 0.3) is 5.92 Å². The van der Waals surface area contributed by atoms with Gasteiger partial charge in [-0.25, -0.2) is 23.2 Å². The molecule has 0 spiro atoms. The molecule has 19 nitrogen and oxygen atoms in total. The largest absolute Gasteiger partial charge is 0.480 e. The number of likely N-dealkylation sites (N-methyl/N-ethyl adjacent to an activating group) is 1.